The molecule has 0 saturated heterocycles. The highest BCUT2D eigenvalue weighted by Gasteiger charge is 2.36. The molecule has 0 unspecified atom stereocenters. The maximum atomic E-state index is 2.40. The van der Waals surface area contributed by atoms with Gasteiger partial charge in [-0.25, -0.2) is 0 Å². The molecular weight excluding hydrogens is 581 g/mol. The normalized spacial score (nSPS) is 14.0. The lowest BCUT2D eigenvalue weighted by Crippen LogP contribution is -2.30. The zero-order valence-corrected chi connectivity index (χ0v) is 28.8. The van der Waals surface area contributed by atoms with Crippen molar-refractivity contribution in [2.45, 2.75) is 65.2 Å². The molecule has 0 bridgehead atoms. The summed E-state index contributed by atoms with van der Waals surface area (Å²) in [4.78, 5) is 4.75. The van der Waals surface area contributed by atoms with Crippen LogP contribution in [0.25, 0.3) is 0 Å². The van der Waals surface area contributed by atoms with Gasteiger partial charge in [-0.3, -0.25) is 0 Å². The Bertz CT molecular complexity index is 1900. The van der Waals surface area contributed by atoms with Crippen LogP contribution in [0, 0.1) is 27.7 Å². The van der Waals surface area contributed by atoms with Gasteiger partial charge in [0.25, 0.3) is 0 Å². The number of rotatable bonds is 8. The Kier molecular flexibility index (Phi) is 8.91. The fourth-order valence-electron chi connectivity index (χ4n) is 7.50. The fraction of sp³-hybridized carbons (Fsp3) is 0.217. The van der Waals surface area contributed by atoms with Gasteiger partial charge in [-0.15, -0.1) is 0 Å². The van der Waals surface area contributed by atoms with Crippen molar-refractivity contribution in [3.63, 3.8) is 0 Å². The van der Waals surface area contributed by atoms with Gasteiger partial charge >= 0.3 is 0 Å². The molecule has 0 radical (unpaired) electrons. The Hall–Kier alpha value is -5.08. The van der Waals surface area contributed by atoms with Crippen molar-refractivity contribution in [2.75, 3.05) is 9.80 Å². The molecule has 7 rings (SSSR count). The molecular formula is C46H46N2. The third-order valence-electron chi connectivity index (χ3n) is 10.2. The Morgan fingerprint density at radius 1 is 0.354 bits per heavy atom. The van der Waals surface area contributed by atoms with Gasteiger partial charge in [-0.1, -0.05) is 109 Å². The van der Waals surface area contributed by atoms with Crippen molar-refractivity contribution in [1.82, 2.24) is 0 Å². The van der Waals surface area contributed by atoms with Crippen molar-refractivity contribution >= 4 is 34.1 Å². The van der Waals surface area contributed by atoms with Gasteiger partial charge in [0.2, 0.25) is 0 Å². The van der Waals surface area contributed by atoms with E-state index in [1.165, 1.54) is 99.6 Å². The van der Waals surface area contributed by atoms with Crippen molar-refractivity contribution in [3.8, 4) is 0 Å². The Morgan fingerprint density at radius 3 is 1.08 bits per heavy atom. The predicted molar refractivity (Wildman–Crippen MR) is 205 cm³/mol. The van der Waals surface area contributed by atoms with Crippen LogP contribution < -0.4 is 9.80 Å². The lowest BCUT2D eigenvalue weighted by atomic mass is 9.65. The number of aryl methyl sites for hydroxylation is 4. The highest BCUT2D eigenvalue weighted by molar-refractivity contribution is 5.78. The highest BCUT2D eigenvalue weighted by atomic mass is 15.1. The van der Waals surface area contributed by atoms with E-state index < -0.39 is 0 Å². The summed E-state index contributed by atoms with van der Waals surface area (Å²) in [6, 6.07) is 54.3. The average Bonchev–Trinajstić information content (AvgIpc) is 3.12. The zero-order valence-electron chi connectivity index (χ0n) is 28.8. The Balaban J connectivity index is 1.25. The van der Waals surface area contributed by atoms with E-state index in [1.807, 2.05) is 0 Å². The number of hydrogen-bond acceptors (Lipinski definition) is 2. The molecule has 6 aromatic rings. The standard InChI is InChI=1S/C46H46N2/c1-34-11-21-40(22-12-34)47(41-23-13-35(2)14-24-41)43-27-17-38(18-28-43)46(31-6-5-7-32-46)39-19-29-44(30-20-39)48(42-25-15-36(3)16-26-42)45-10-8-9-37(4)33-45/h8-30,33H,5-7,31-32H2,1-4H3. The molecule has 1 fully saturated rings. The number of benzene rings is 6. The number of hydrogen-bond donors (Lipinski definition) is 0. The van der Waals surface area contributed by atoms with E-state index in [9.17, 15) is 0 Å². The smallest absolute Gasteiger partial charge is 0.0464 e. The van der Waals surface area contributed by atoms with Crippen molar-refractivity contribution < 1.29 is 0 Å². The number of nitrogens with zero attached hydrogens (tertiary/aromatic N) is 2. The molecule has 1 aliphatic carbocycles. The summed E-state index contributed by atoms with van der Waals surface area (Å²) in [6.45, 7) is 8.61. The van der Waals surface area contributed by atoms with Gasteiger partial charge in [0.05, 0.1) is 0 Å². The summed E-state index contributed by atoms with van der Waals surface area (Å²) >= 11 is 0. The maximum Gasteiger partial charge on any atom is 0.0464 e. The monoisotopic (exact) mass is 626 g/mol. The van der Waals surface area contributed by atoms with Crippen LogP contribution in [0.3, 0.4) is 0 Å². The molecule has 1 saturated carbocycles. The lowest BCUT2D eigenvalue weighted by molar-refractivity contribution is 0.346. The Labute approximate surface area is 287 Å². The topological polar surface area (TPSA) is 6.48 Å². The van der Waals surface area contributed by atoms with Crippen LogP contribution in [0.15, 0.2) is 146 Å². The number of anilines is 6. The molecule has 0 spiro atoms. The molecule has 0 aliphatic heterocycles. The van der Waals surface area contributed by atoms with Crippen LogP contribution in [-0.2, 0) is 5.41 Å². The first-order valence-corrected chi connectivity index (χ1v) is 17.5. The molecule has 1 aliphatic rings. The Morgan fingerprint density at radius 2 is 0.708 bits per heavy atom. The zero-order chi connectivity index (χ0) is 33.1. The largest absolute Gasteiger partial charge is 0.311 e. The molecule has 240 valence electrons. The van der Waals surface area contributed by atoms with E-state index in [-0.39, 0.29) is 5.41 Å². The second kappa shape index (κ2) is 13.6. The first-order valence-electron chi connectivity index (χ1n) is 17.5. The molecule has 0 amide bonds. The van der Waals surface area contributed by atoms with Crippen LogP contribution in [0.5, 0.6) is 0 Å². The quantitative estimate of drug-likeness (QED) is 0.166. The van der Waals surface area contributed by atoms with E-state index >= 15 is 0 Å². The summed E-state index contributed by atoms with van der Waals surface area (Å²) in [5.41, 5.74) is 15.0. The summed E-state index contributed by atoms with van der Waals surface area (Å²) in [5, 5.41) is 0. The SMILES string of the molecule is Cc1ccc(N(c2ccc(C)cc2)c2ccc(C3(c4ccc(N(c5ccc(C)cc5)c5cccc(C)c5)cc4)CCCCC3)cc2)cc1. The minimum atomic E-state index is 0.00584. The average molecular weight is 627 g/mol. The minimum absolute atomic E-state index is 0.00584. The van der Waals surface area contributed by atoms with Gasteiger partial charge < -0.3 is 9.80 Å². The molecule has 2 nitrogen and oxygen atoms in total. The molecule has 6 aromatic carbocycles. The van der Waals surface area contributed by atoms with E-state index in [0.29, 0.717) is 0 Å². The van der Waals surface area contributed by atoms with E-state index in [2.05, 4.69) is 183 Å². The molecule has 48 heavy (non-hydrogen) atoms. The maximum absolute atomic E-state index is 2.40. The molecule has 0 aromatic heterocycles. The third kappa shape index (κ3) is 6.40. The summed E-state index contributed by atoms with van der Waals surface area (Å²) < 4.78 is 0. The van der Waals surface area contributed by atoms with E-state index in [0.717, 1.165) is 0 Å². The second-order valence-corrected chi connectivity index (χ2v) is 13.8. The fourth-order valence-corrected chi connectivity index (χ4v) is 7.50. The van der Waals surface area contributed by atoms with Crippen molar-refractivity contribution in [3.05, 3.63) is 179 Å². The predicted octanol–water partition coefficient (Wildman–Crippen LogP) is 13.1. The van der Waals surface area contributed by atoms with E-state index in [1.54, 1.807) is 0 Å². The van der Waals surface area contributed by atoms with Crippen LogP contribution in [-0.4, -0.2) is 0 Å². The van der Waals surface area contributed by atoms with Crippen LogP contribution in [0.2, 0.25) is 0 Å². The molecule has 2 heteroatoms. The lowest BCUT2D eigenvalue weighted by Gasteiger charge is -2.39. The molecule has 0 atom stereocenters. The minimum Gasteiger partial charge on any atom is -0.311 e. The van der Waals surface area contributed by atoms with Crippen LogP contribution in [0.1, 0.15) is 65.5 Å². The van der Waals surface area contributed by atoms with Gasteiger partial charge in [-0.05, 0) is 130 Å². The third-order valence-corrected chi connectivity index (χ3v) is 10.2. The highest BCUT2D eigenvalue weighted by Crippen LogP contribution is 2.47. The van der Waals surface area contributed by atoms with Gasteiger partial charge in [0, 0.05) is 39.5 Å². The summed E-state index contributed by atoms with van der Waals surface area (Å²) in [6.07, 6.45) is 6.15. The van der Waals surface area contributed by atoms with Gasteiger partial charge in [0.1, 0.15) is 0 Å². The van der Waals surface area contributed by atoms with Gasteiger partial charge in [0.15, 0.2) is 0 Å². The molecule has 0 N–H and O–H groups in total. The van der Waals surface area contributed by atoms with E-state index in [4.69, 9.17) is 0 Å². The van der Waals surface area contributed by atoms with Gasteiger partial charge in [-0.2, -0.15) is 0 Å². The van der Waals surface area contributed by atoms with Crippen LogP contribution >= 0.6 is 0 Å². The summed E-state index contributed by atoms with van der Waals surface area (Å²) in [5.74, 6) is 0. The molecule has 0 heterocycles. The van der Waals surface area contributed by atoms with Crippen molar-refractivity contribution in [1.29, 1.82) is 0 Å². The summed E-state index contributed by atoms with van der Waals surface area (Å²) in [7, 11) is 0. The first kappa shape index (κ1) is 31.5. The van der Waals surface area contributed by atoms with Crippen molar-refractivity contribution in [2.24, 2.45) is 0 Å². The second-order valence-electron chi connectivity index (χ2n) is 13.8. The van der Waals surface area contributed by atoms with Crippen LogP contribution in [0.4, 0.5) is 34.1 Å². The first-order chi connectivity index (χ1) is 23.4.